The van der Waals surface area contributed by atoms with Gasteiger partial charge in [0.05, 0.1) is 12.5 Å². The quantitative estimate of drug-likeness (QED) is 0.483. The highest BCUT2D eigenvalue weighted by Crippen LogP contribution is 2.21. The monoisotopic (exact) mass is 388 g/mol. The van der Waals surface area contributed by atoms with Crippen LogP contribution >= 0.6 is 0 Å². The maximum atomic E-state index is 12.2. The minimum absolute atomic E-state index is 0.152. The lowest BCUT2D eigenvalue weighted by atomic mass is 9.97. The normalized spacial score (nSPS) is 15.1. The number of unbranched alkanes of at least 4 members (excludes halogenated alkanes) is 2. The zero-order valence-electron chi connectivity index (χ0n) is 18.4. The van der Waals surface area contributed by atoms with Crippen LogP contribution < -0.4 is 10.1 Å². The Morgan fingerprint density at radius 3 is 2.39 bits per heavy atom. The van der Waals surface area contributed by atoms with Crippen molar-refractivity contribution in [2.75, 3.05) is 19.7 Å². The average molecular weight is 389 g/mol. The minimum Gasteiger partial charge on any atom is -0.494 e. The van der Waals surface area contributed by atoms with E-state index >= 15 is 0 Å². The summed E-state index contributed by atoms with van der Waals surface area (Å²) in [5.74, 6) is 2.13. The number of ether oxygens (including phenoxy) is 1. The molecule has 0 spiro atoms. The van der Waals surface area contributed by atoms with Gasteiger partial charge >= 0.3 is 0 Å². The van der Waals surface area contributed by atoms with Crippen LogP contribution in [0, 0.1) is 11.8 Å². The summed E-state index contributed by atoms with van der Waals surface area (Å²) in [6.07, 6.45) is 6.99. The number of rotatable bonds is 13. The number of carbonyl (C=O) groups is 1. The van der Waals surface area contributed by atoms with Crippen LogP contribution in [0.25, 0.3) is 0 Å². The third-order valence-electron chi connectivity index (χ3n) is 5.68. The highest BCUT2D eigenvalue weighted by atomic mass is 16.5. The molecule has 0 saturated carbocycles. The Bertz CT molecular complexity index is 560. The number of nitrogens with zero attached hydrogens (tertiary/aromatic N) is 1. The first-order chi connectivity index (χ1) is 13.5. The van der Waals surface area contributed by atoms with E-state index < -0.39 is 0 Å². The molecular weight excluding hydrogens is 348 g/mol. The zero-order valence-corrected chi connectivity index (χ0v) is 18.4. The highest BCUT2D eigenvalue weighted by molar-refractivity contribution is 5.80. The fourth-order valence-corrected chi connectivity index (χ4v) is 3.65. The van der Waals surface area contributed by atoms with E-state index in [4.69, 9.17) is 4.74 Å². The third-order valence-corrected chi connectivity index (χ3v) is 5.68. The summed E-state index contributed by atoms with van der Waals surface area (Å²) in [4.78, 5) is 14.6. The summed E-state index contributed by atoms with van der Waals surface area (Å²) in [6.45, 7) is 12.2. The Hall–Kier alpha value is -1.55. The van der Waals surface area contributed by atoms with Gasteiger partial charge in [0.25, 0.3) is 0 Å². The van der Waals surface area contributed by atoms with Gasteiger partial charge in [-0.15, -0.1) is 0 Å². The molecule has 1 N–H and O–H groups in total. The van der Waals surface area contributed by atoms with E-state index in [-0.39, 0.29) is 11.8 Å². The molecule has 1 aliphatic heterocycles. The number of hydrogen-bond acceptors (Lipinski definition) is 3. The van der Waals surface area contributed by atoms with Crippen molar-refractivity contribution in [1.82, 2.24) is 10.2 Å². The molecule has 1 heterocycles. The first kappa shape index (κ1) is 22.7. The van der Waals surface area contributed by atoms with Crippen LogP contribution in [0.15, 0.2) is 24.3 Å². The Morgan fingerprint density at radius 2 is 1.79 bits per heavy atom. The van der Waals surface area contributed by atoms with Crippen molar-refractivity contribution in [3.05, 3.63) is 29.8 Å². The van der Waals surface area contributed by atoms with Crippen LogP contribution in [0.2, 0.25) is 0 Å². The van der Waals surface area contributed by atoms with Crippen LogP contribution in [-0.4, -0.2) is 36.5 Å². The number of nitrogens with one attached hydrogen (secondary N) is 1. The average Bonchev–Trinajstić information content (AvgIpc) is 2.65. The largest absolute Gasteiger partial charge is 0.494 e. The lowest BCUT2D eigenvalue weighted by molar-refractivity contribution is -0.131. The van der Waals surface area contributed by atoms with Crippen LogP contribution in [0.4, 0.5) is 0 Å². The molecule has 4 nitrogen and oxygen atoms in total. The molecule has 2 rings (SSSR count). The van der Waals surface area contributed by atoms with Crippen molar-refractivity contribution in [2.45, 2.75) is 78.8 Å². The molecule has 0 unspecified atom stereocenters. The fourth-order valence-electron chi connectivity index (χ4n) is 3.65. The van der Waals surface area contributed by atoms with Gasteiger partial charge in [-0.1, -0.05) is 59.1 Å². The second kappa shape index (κ2) is 12.1. The van der Waals surface area contributed by atoms with Gasteiger partial charge in [0.15, 0.2) is 0 Å². The van der Waals surface area contributed by atoms with E-state index in [1.165, 1.54) is 24.8 Å². The molecule has 1 aliphatic rings. The molecule has 0 radical (unpaired) electrons. The van der Waals surface area contributed by atoms with E-state index in [1.54, 1.807) is 0 Å². The predicted octanol–water partition coefficient (Wildman–Crippen LogP) is 5.02. The zero-order chi connectivity index (χ0) is 20.4. The number of amides is 1. The Kier molecular flexibility index (Phi) is 9.83. The van der Waals surface area contributed by atoms with Crippen LogP contribution in [0.1, 0.15) is 71.8 Å². The molecule has 4 heteroatoms. The molecule has 1 aromatic rings. The van der Waals surface area contributed by atoms with Gasteiger partial charge in [-0.2, -0.15) is 0 Å². The topological polar surface area (TPSA) is 41.6 Å². The summed E-state index contributed by atoms with van der Waals surface area (Å²) in [6, 6.07) is 8.75. The molecule has 1 fully saturated rings. The summed E-state index contributed by atoms with van der Waals surface area (Å²) in [7, 11) is 0. The summed E-state index contributed by atoms with van der Waals surface area (Å²) < 4.78 is 5.85. The minimum atomic E-state index is 0.152. The van der Waals surface area contributed by atoms with E-state index in [2.05, 4.69) is 62.2 Å². The molecule has 1 amide bonds. The molecule has 28 heavy (non-hydrogen) atoms. The van der Waals surface area contributed by atoms with Gasteiger partial charge < -0.3 is 10.1 Å². The van der Waals surface area contributed by atoms with Crippen molar-refractivity contribution in [1.29, 1.82) is 0 Å². The molecule has 158 valence electrons. The van der Waals surface area contributed by atoms with Crippen LogP contribution in [-0.2, 0) is 11.3 Å². The summed E-state index contributed by atoms with van der Waals surface area (Å²) >= 11 is 0. The molecule has 0 aromatic heterocycles. The van der Waals surface area contributed by atoms with E-state index in [9.17, 15) is 4.79 Å². The van der Waals surface area contributed by atoms with E-state index in [0.29, 0.717) is 6.04 Å². The number of likely N-dealkylation sites (tertiary alicyclic amines) is 1. The summed E-state index contributed by atoms with van der Waals surface area (Å²) in [5, 5.41) is 3.17. The molecular formula is C24H40N2O2. The van der Waals surface area contributed by atoms with Crippen molar-refractivity contribution < 1.29 is 9.53 Å². The van der Waals surface area contributed by atoms with Gasteiger partial charge in [-0.3, -0.25) is 9.69 Å². The van der Waals surface area contributed by atoms with E-state index in [0.717, 1.165) is 57.2 Å². The SMILES string of the molecule is CCC(CC)NC(=O)C1CN(Cc2ccc(OCCCCCC(C)C)cc2)C1. The number of carbonyl (C=O) groups excluding carboxylic acids is 1. The van der Waals surface area contributed by atoms with Gasteiger partial charge in [0, 0.05) is 25.7 Å². The molecule has 0 atom stereocenters. The second-order valence-corrected chi connectivity index (χ2v) is 8.65. The number of benzene rings is 1. The van der Waals surface area contributed by atoms with Gasteiger partial charge in [-0.05, 0) is 42.9 Å². The van der Waals surface area contributed by atoms with Crippen LogP contribution in [0.5, 0.6) is 5.75 Å². The van der Waals surface area contributed by atoms with Crippen molar-refractivity contribution in [3.63, 3.8) is 0 Å². The Balaban J connectivity index is 1.61. The standard InChI is InChI=1S/C24H40N2O2/c1-5-22(6-2)25-24(27)21-17-26(18-21)16-20-11-13-23(14-12-20)28-15-9-7-8-10-19(3)4/h11-14,19,21-22H,5-10,15-18H2,1-4H3,(H,25,27). The third kappa shape index (κ3) is 7.83. The smallest absolute Gasteiger partial charge is 0.225 e. The van der Waals surface area contributed by atoms with Crippen LogP contribution in [0.3, 0.4) is 0 Å². The van der Waals surface area contributed by atoms with Gasteiger partial charge in [0.1, 0.15) is 5.75 Å². The van der Waals surface area contributed by atoms with Crippen molar-refractivity contribution >= 4 is 5.91 Å². The first-order valence-electron chi connectivity index (χ1n) is 11.3. The lowest BCUT2D eigenvalue weighted by Crippen LogP contribution is -2.54. The Morgan fingerprint density at radius 1 is 1.11 bits per heavy atom. The lowest BCUT2D eigenvalue weighted by Gasteiger charge is -2.38. The van der Waals surface area contributed by atoms with Crippen molar-refractivity contribution in [2.24, 2.45) is 11.8 Å². The number of hydrogen-bond donors (Lipinski definition) is 1. The van der Waals surface area contributed by atoms with Gasteiger partial charge in [0.2, 0.25) is 5.91 Å². The molecule has 0 bridgehead atoms. The Labute approximate surface area is 172 Å². The van der Waals surface area contributed by atoms with E-state index in [1.807, 2.05) is 0 Å². The predicted molar refractivity (Wildman–Crippen MR) is 117 cm³/mol. The molecule has 1 saturated heterocycles. The molecule has 0 aliphatic carbocycles. The maximum Gasteiger partial charge on any atom is 0.225 e. The van der Waals surface area contributed by atoms with Crippen molar-refractivity contribution in [3.8, 4) is 5.75 Å². The molecule has 1 aromatic carbocycles. The first-order valence-corrected chi connectivity index (χ1v) is 11.3. The maximum absolute atomic E-state index is 12.2. The summed E-state index contributed by atoms with van der Waals surface area (Å²) in [5.41, 5.74) is 1.28. The second-order valence-electron chi connectivity index (χ2n) is 8.65. The fraction of sp³-hybridized carbons (Fsp3) is 0.708. The highest BCUT2D eigenvalue weighted by Gasteiger charge is 2.32. The van der Waals surface area contributed by atoms with Gasteiger partial charge in [-0.25, -0.2) is 0 Å².